The number of primary amides is 1. The van der Waals surface area contributed by atoms with E-state index in [4.69, 9.17) is 10.8 Å². The first kappa shape index (κ1) is 21.2. The first-order valence-corrected chi connectivity index (χ1v) is 6.15. The largest absolute Gasteiger partial charge is 0.431 e. The van der Waals surface area contributed by atoms with Crippen molar-refractivity contribution in [2.75, 3.05) is 6.61 Å². The predicted molar refractivity (Wildman–Crippen MR) is 67.2 cm³/mol. The number of nitrogens with two attached hydrogens (primary N) is 1. The molecule has 1 aromatic rings. The van der Waals surface area contributed by atoms with Crippen molar-refractivity contribution >= 4 is 5.91 Å². The topological polar surface area (TPSA) is 63.3 Å². The predicted octanol–water partition coefficient (Wildman–Crippen LogP) is 3.38. The molecule has 0 aromatic heterocycles. The second kappa shape index (κ2) is 8.14. The molecule has 0 unspecified atom stereocenters. The number of amides is 1. The molecule has 0 fully saturated rings. The lowest BCUT2D eigenvalue weighted by Gasteiger charge is -2.29. The average Bonchev–Trinajstić information content (AvgIpc) is 2.44. The van der Waals surface area contributed by atoms with Crippen LogP contribution < -0.4 is 5.73 Å². The third-order valence-corrected chi connectivity index (χ3v) is 2.64. The summed E-state index contributed by atoms with van der Waals surface area (Å²) >= 11 is 0. The Balaban J connectivity index is 0.000000459. The molecule has 1 amide bonds. The quantitative estimate of drug-likeness (QED) is 0.819. The molecule has 0 aliphatic carbocycles. The number of benzene rings is 1. The molecule has 1 aromatic carbocycles. The molecule has 0 radical (unpaired) electrons. The average molecular weight is 349 g/mol. The van der Waals surface area contributed by atoms with Crippen molar-refractivity contribution in [2.45, 2.75) is 30.9 Å². The van der Waals surface area contributed by atoms with Gasteiger partial charge in [0.25, 0.3) is 5.67 Å². The number of hydrogen-bond acceptors (Lipinski definition) is 2. The van der Waals surface area contributed by atoms with Gasteiger partial charge in [-0.3, -0.25) is 4.79 Å². The Morgan fingerprint density at radius 3 is 1.65 bits per heavy atom. The fourth-order valence-corrected chi connectivity index (χ4v) is 1.37. The number of halogens is 7. The smallest absolute Gasteiger partial charge is 0.396 e. The van der Waals surface area contributed by atoms with E-state index in [9.17, 15) is 35.5 Å². The van der Waals surface area contributed by atoms with Crippen molar-refractivity contribution < 1.29 is 40.6 Å². The van der Waals surface area contributed by atoms with Gasteiger partial charge in [-0.15, -0.1) is 0 Å². The summed E-state index contributed by atoms with van der Waals surface area (Å²) in [6.07, 6.45) is -14.8. The van der Waals surface area contributed by atoms with Crippen molar-refractivity contribution in [3.05, 3.63) is 35.9 Å². The molecule has 0 saturated heterocycles. The molecular weight excluding hydrogens is 335 g/mol. The van der Waals surface area contributed by atoms with E-state index in [0.717, 1.165) is 0 Å². The monoisotopic (exact) mass is 349 g/mol. The fraction of sp³-hybridized carbons (Fsp3) is 0.462. The van der Waals surface area contributed by atoms with E-state index in [2.05, 4.69) is 0 Å². The Hall–Kier alpha value is -1.84. The van der Waals surface area contributed by atoms with Crippen LogP contribution in [0, 0.1) is 0 Å². The van der Waals surface area contributed by atoms with Crippen LogP contribution in [0.4, 0.5) is 30.7 Å². The van der Waals surface area contributed by atoms with E-state index < -0.39 is 37.5 Å². The lowest BCUT2D eigenvalue weighted by atomic mass is 9.98. The third kappa shape index (κ3) is 6.05. The molecule has 23 heavy (non-hydrogen) atoms. The van der Waals surface area contributed by atoms with E-state index in [0.29, 0.717) is 5.56 Å². The van der Waals surface area contributed by atoms with Crippen molar-refractivity contribution in [1.29, 1.82) is 0 Å². The van der Waals surface area contributed by atoms with Gasteiger partial charge in [0.15, 0.2) is 0 Å². The van der Waals surface area contributed by atoms with Gasteiger partial charge in [0.2, 0.25) is 5.91 Å². The van der Waals surface area contributed by atoms with Gasteiger partial charge in [-0.2, -0.15) is 26.3 Å². The van der Waals surface area contributed by atoms with Crippen LogP contribution in [0.5, 0.6) is 0 Å². The molecule has 0 atom stereocenters. The number of aliphatic hydroxyl groups is 1. The second-order valence-electron chi connectivity index (χ2n) is 4.35. The van der Waals surface area contributed by atoms with Crippen LogP contribution in [0.25, 0.3) is 0 Å². The van der Waals surface area contributed by atoms with Crippen molar-refractivity contribution in [3.63, 3.8) is 0 Å². The van der Waals surface area contributed by atoms with Gasteiger partial charge in [-0.1, -0.05) is 18.2 Å². The third-order valence-electron chi connectivity index (χ3n) is 2.64. The molecule has 1 rings (SSSR count). The maximum atomic E-state index is 12.6. The van der Waals surface area contributed by atoms with Crippen LogP contribution in [0.2, 0.25) is 0 Å². The van der Waals surface area contributed by atoms with Gasteiger partial charge in [-0.05, 0) is 18.6 Å². The number of hydrogen-bond donors (Lipinski definition) is 2. The van der Waals surface area contributed by atoms with Gasteiger partial charge in [0.05, 0.1) is 0 Å². The summed E-state index contributed by atoms with van der Waals surface area (Å²) in [7, 11) is 0. The minimum Gasteiger partial charge on any atom is -0.396 e. The summed E-state index contributed by atoms with van der Waals surface area (Å²) in [5.41, 5.74) is 0.295. The van der Waals surface area contributed by atoms with E-state index in [1.54, 1.807) is 24.3 Å². The first-order valence-electron chi connectivity index (χ1n) is 6.15. The van der Waals surface area contributed by atoms with Crippen molar-refractivity contribution in [1.82, 2.24) is 0 Å². The molecule has 0 heterocycles. The molecule has 0 bridgehead atoms. The number of carbonyl (C=O) groups excluding carboxylic acids is 1. The normalized spacial score (nSPS) is 12.3. The van der Waals surface area contributed by atoms with Crippen molar-refractivity contribution in [2.24, 2.45) is 5.73 Å². The Morgan fingerprint density at radius 2 is 1.39 bits per heavy atom. The highest BCUT2D eigenvalue weighted by atomic mass is 19.4. The van der Waals surface area contributed by atoms with Crippen molar-refractivity contribution in [3.8, 4) is 0 Å². The zero-order valence-electron chi connectivity index (χ0n) is 11.6. The number of rotatable bonds is 4. The molecule has 3 N–H and O–H groups in total. The Bertz CT molecular complexity index is 471. The van der Waals surface area contributed by atoms with Gasteiger partial charge < -0.3 is 10.8 Å². The highest BCUT2D eigenvalue weighted by Gasteiger charge is 2.71. The minimum absolute atomic E-state index is 0.379. The zero-order chi connectivity index (χ0) is 18.3. The molecule has 0 saturated carbocycles. The van der Waals surface area contributed by atoms with Gasteiger partial charge in [0.1, 0.15) is 0 Å². The van der Waals surface area contributed by atoms with Gasteiger partial charge in [-0.25, -0.2) is 4.39 Å². The molecule has 0 spiro atoms. The SMILES string of the molecule is NC(=O)c1ccccc1.OCCCC(F)(C(F)(F)F)C(F)(F)F. The molecule has 132 valence electrons. The molecule has 3 nitrogen and oxygen atoms in total. The highest BCUT2D eigenvalue weighted by Crippen LogP contribution is 2.48. The van der Waals surface area contributed by atoms with Crippen LogP contribution in [-0.2, 0) is 0 Å². The highest BCUT2D eigenvalue weighted by molar-refractivity contribution is 5.92. The van der Waals surface area contributed by atoms with E-state index in [-0.39, 0.29) is 5.91 Å². The minimum atomic E-state index is -6.01. The first-order chi connectivity index (χ1) is 10.4. The number of alkyl halides is 7. The molecular formula is C13H14F7NO2. The maximum Gasteiger partial charge on any atom is 0.431 e. The maximum absolute atomic E-state index is 12.6. The van der Waals surface area contributed by atoms with E-state index in [1.807, 2.05) is 6.07 Å². The summed E-state index contributed by atoms with van der Waals surface area (Å²) in [6.45, 7) is -0.933. The zero-order valence-corrected chi connectivity index (χ0v) is 11.6. The number of carbonyl (C=O) groups is 1. The van der Waals surface area contributed by atoms with Crippen LogP contribution in [0.3, 0.4) is 0 Å². The summed E-state index contributed by atoms with van der Waals surface area (Å²) < 4.78 is 83.1. The van der Waals surface area contributed by atoms with E-state index in [1.165, 1.54) is 0 Å². The Labute approximate surface area is 126 Å². The summed E-state index contributed by atoms with van der Waals surface area (Å²) in [5.74, 6) is -0.379. The Morgan fingerprint density at radius 1 is 0.957 bits per heavy atom. The summed E-state index contributed by atoms with van der Waals surface area (Å²) in [6, 6.07) is 8.76. The van der Waals surface area contributed by atoms with E-state index >= 15 is 0 Å². The second-order valence-corrected chi connectivity index (χ2v) is 4.35. The van der Waals surface area contributed by atoms with Gasteiger partial charge in [0, 0.05) is 18.6 Å². The number of aliphatic hydroxyl groups excluding tert-OH is 1. The van der Waals surface area contributed by atoms with Crippen LogP contribution in [0.1, 0.15) is 23.2 Å². The lowest BCUT2D eigenvalue weighted by molar-refractivity contribution is -0.343. The fourth-order valence-electron chi connectivity index (χ4n) is 1.37. The van der Waals surface area contributed by atoms with Gasteiger partial charge >= 0.3 is 12.4 Å². The molecule has 10 heteroatoms. The van der Waals surface area contributed by atoms with Crippen LogP contribution in [0.15, 0.2) is 30.3 Å². The van der Waals surface area contributed by atoms with Crippen LogP contribution in [-0.4, -0.2) is 35.6 Å². The molecule has 0 aliphatic heterocycles. The summed E-state index contributed by atoms with van der Waals surface area (Å²) in [4.78, 5) is 10.4. The Kier molecular flexibility index (Phi) is 7.49. The summed E-state index contributed by atoms with van der Waals surface area (Å²) in [5, 5.41) is 8.06. The standard InChI is InChI=1S/C7H7NO.C6H7F7O/c8-7(9)6-4-2-1-3-5-6;7-4(2-1-3-14,5(8,9)10)6(11,12)13/h1-5H,(H2,8,9);14H,1-3H2. The van der Waals surface area contributed by atoms with Crippen LogP contribution >= 0.6 is 0 Å². The molecule has 0 aliphatic rings. The lowest BCUT2D eigenvalue weighted by Crippen LogP contribution is -2.53.